The van der Waals surface area contributed by atoms with E-state index < -0.39 is 22.5 Å². The minimum absolute atomic E-state index is 0.216. The van der Waals surface area contributed by atoms with Crippen molar-refractivity contribution in [3.63, 3.8) is 0 Å². The molecule has 7 heteroatoms. The maximum absolute atomic E-state index is 12.1. The van der Waals surface area contributed by atoms with Crippen molar-refractivity contribution < 1.29 is 19.1 Å². The maximum atomic E-state index is 12.1. The number of amides is 2. The van der Waals surface area contributed by atoms with Gasteiger partial charge in [-0.1, -0.05) is 17.7 Å². The number of hydrogen-bond acceptors (Lipinski definition) is 6. The third-order valence-electron chi connectivity index (χ3n) is 2.87. The summed E-state index contributed by atoms with van der Waals surface area (Å²) in [6.07, 6.45) is 0. The molecule has 1 aliphatic rings. The number of hydrogen-bond donors (Lipinski definition) is 1. The van der Waals surface area contributed by atoms with Crippen LogP contribution in [0.3, 0.4) is 0 Å². The number of nitrogens with zero attached hydrogens (tertiary/aromatic N) is 1. The van der Waals surface area contributed by atoms with Crippen LogP contribution in [-0.2, 0) is 14.3 Å². The molecule has 0 spiro atoms. The predicted octanol–water partition coefficient (Wildman–Crippen LogP) is 1.99. The molecule has 0 unspecified atom stereocenters. The summed E-state index contributed by atoms with van der Waals surface area (Å²) in [5, 5.41) is 1.82. The second-order valence-electron chi connectivity index (χ2n) is 4.50. The van der Waals surface area contributed by atoms with Gasteiger partial charge in [0, 0.05) is 5.69 Å². The molecule has 2 rings (SSSR count). The van der Waals surface area contributed by atoms with E-state index in [9.17, 15) is 14.4 Å². The van der Waals surface area contributed by atoms with E-state index in [1.165, 1.54) is 0 Å². The lowest BCUT2D eigenvalue weighted by molar-refractivity contribution is -0.146. The van der Waals surface area contributed by atoms with Gasteiger partial charge < -0.3 is 10.1 Å². The first-order valence-corrected chi connectivity index (χ1v) is 7.40. The van der Waals surface area contributed by atoms with E-state index in [-0.39, 0.29) is 13.2 Å². The summed E-state index contributed by atoms with van der Waals surface area (Å²) in [6, 6.07) is 7.48. The molecule has 1 atom stereocenters. The highest BCUT2D eigenvalue weighted by Gasteiger charge is 2.40. The first kappa shape index (κ1) is 15.4. The summed E-state index contributed by atoms with van der Waals surface area (Å²) >= 11 is 0.859. The van der Waals surface area contributed by atoms with Crippen LogP contribution in [0.25, 0.3) is 0 Å². The highest BCUT2D eigenvalue weighted by molar-refractivity contribution is 8.15. The van der Waals surface area contributed by atoms with Crippen LogP contribution in [0.5, 0.6) is 0 Å². The largest absolute Gasteiger partial charge is 0.465 e. The van der Waals surface area contributed by atoms with Crippen LogP contribution in [0.2, 0.25) is 0 Å². The minimum atomic E-state index is -0.713. The lowest BCUT2D eigenvalue weighted by atomic mass is 10.2. The van der Waals surface area contributed by atoms with Crippen molar-refractivity contribution in [3.8, 4) is 0 Å². The molecule has 6 nitrogen and oxygen atoms in total. The Morgan fingerprint density at radius 3 is 2.62 bits per heavy atom. The van der Waals surface area contributed by atoms with E-state index in [2.05, 4.69) is 5.32 Å². The normalized spacial score (nSPS) is 18.0. The zero-order chi connectivity index (χ0) is 15.4. The molecule has 1 fully saturated rings. The fourth-order valence-electron chi connectivity index (χ4n) is 1.82. The zero-order valence-corrected chi connectivity index (χ0v) is 12.6. The van der Waals surface area contributed by atoms with Gasteiger partial charge in [0.05, 0.1) is 6.61 Å². The van der Waals surface area contributed by atoms with Crippen molar-refractivity contribution in [2.24, 2.45) is 0 Å². The highest BCUT2D eigenvalue weighted by Crippen LogP contribution is 2.28. The van der Waals surface area contributed by atoms with E-state index in [1.54, 1.807) is 6.92 Å². The van der Waals surface area contributed by atoms with E-state index in [1.807, 2.05) is 31.2 Å². The van der Waals surface area contributed by atoms with Gasteiger partial charge in [0.1, 0.15) is 6.54 Å². The van der Waals surface area contributed by atoms with Crippen molar-refractivity contribution in [1.29, 1.82) is 0 Å². The van der Waals surface area contributed by atoms with Gasteiger partial charge in [-0.05, 0) is 37.7 Å². The molecule has 0 bridgehead atoms. The Morgan fingerprint density at radius 2 is 2.00 bits per heavy atom. The number of ether oxygens (including phenoxy) is 1. The summed E-state index contributed by atoms with van der Waals surface area (Å²) in [5.41, 5.74) is 1.85. The number of carbonyl (C=O) groups excluding carboxylic acids is 3. The van der Waals surface area contributed by atoms with Crippen LogP contribution < -0.4 is 5.32 Å². The van der Waals surface area contributed by atoms with Crippen LogP contribution in [0.4, 0.5) is 10.5 Å². The fraction of sp³-hybridized carbons (Fsp3) is 0.357. The van der Waals surface area contributed by atoms with Crippen molar-refractivity contribution in [2.45, 2.75) is 19.2 Å². The molecule has 1 aromatic rings. The number of aryl methyl sites for hydroxylation is 1. The quantitative estimate of drug-likeness (QED) is 0.838. The SMILES string of the molecule is CCOC(=O)CN1C(=O)S[C@@H](Nc2ccc(C)cc2)C1=O. The topological polar surface area (TPSA) is 75.7 Å². The molecule has 0 aliphatic carbocycles. The van der Waals surface area contributed by atoms with Crippen LogP contribution >= 0.6 is 11.8 Å². The van der Waals surface area contributed by atoms with E-state index >= 15 is 0 Å². The van der Waals surface area contributed by atoms with Gasteiger partial charge in [-0.3, -0.25) is 19.3 Å². The second kappa shape index (κ2) is 6.62. The minimum Gasteiger partial charge on any atom is -0.465 e. The lowest BCUT2D eigenvalue weighted by Gasteiger charge is -2.14. The molecule has 0 saturated carbocycles. The summed E-state index contributed by atoms with van der Waals surface area (Å²) in [5.74, 6) is -1.02. The van der Waals surface area contributed by atoms with E-state index in [4.69, 9.17) is 4.74 Å². The van der Waals surface area contributed by atoms with Gasteiger partial charge >= 0.3 is 5.97 Å². The number of carbonyl (C=O) groups is 3. The Kier molecular flexibility index (Phi) is 4.85. The highest BCUT2D eigenvalue weighted by atomic mass is 32.2. The van der Waals surface area contributed by atoms with Gasteiger partial charge in [-0.2, -0.15) is 0 Å². The monoisotopic (exact) mass is 308 g/mol. The molecule has 112 valence electrons. The Hall–Kier alpha value is -2.02. The summed E-state index contributed by atoms with van der Waals surface area (Å²) in [7, 11) is 0. The Labute approximate surface area is 126 Å². The summed E-state index contributed by atoms with van der Waals surface area (Å²) in [4.78, 5) is 36.2. The predicted molar refractivity (Wildman–Crippen MR) is 79.9 cm³/mol. The van der Waals surface area contributed by atoms with Crippen molar-refractivity contribution >= 4 is 34.6 Å². The van der Waals surface area contributed by atoms with Crippen LogP contribution in [0.1, 0.15) is 12.5 Å². The molecular formula is C14H16N2O4S. The lowest BCUT2D eigenvalue weighted by Crippen LogP contribution is -2.38. The molecule has 1 aliphatic heterocycles. The van der Waals surface area contributed by atoms with E-state index in [0.717, 1.165) is 27.9 Å². The number of thioether (sulfide) groups is 1. The van der Waals surface area contributed by atoms with Crippen molar-refractivity contribution in [3.05, 3.63) is 29.8 Å². The van der Waals surface area contributed by atoms with E-state index in [0.29, 0.717) is 0 Å². The average molecular weight is 308 g/mol. The summed E-state index contributed by atoms with van der Waals surface area (Å²) in [6.45, 7) is 3.50. The zero-order valence-electron chi connectivity index (χ0n) is 11.8. The number of imide groups is 1. The molecule has 0 radical (unpaired) electrons. The van der Waals surface area contributed by atoms with Gasteiger partial charge in [0.15, 0.2) is 5.37 Å². The molecule has 21 heavy (non-hydrogen) atoms. The summed E-state index contributed by atoms with van der Waals surface area (Å²) < 4.78 is 4.75. The maximum Gasteiger partial charge on any atom is 0.326 e. The molecule has 1 saturated heterocycles. The van der Waals surface area contributed by atoms with Crippen LogP contribution in [-0.4, -0.2) is 40.5 Å². The molecule has 0 aromatic heterocycles. The number of benzene rings is 1. The Bertz CT molecular complexity index is 559. The first-order chi connectivity index (χ1) is 10.0. The molecule has 1 aromatic carbocycles. The standard InChI is InChI=1S/C14H16N2O4S/c1-3-20-11(17)8-16-13(18)12(21-14(16)19)15-10-6-4-9(2)5-7-10/h4-7,12,15H,3,8H2,1-2H3/t12-/m1/s1. The average Bonchev–Trinajstić information content (AvgIpc) is 2.69. The molecule has 2 amide bonds. The third kappa shape index (κ3) is 3.75. The third-order valence-corrected chi connectivity index (χ3v) is 3.85. The molecule has 1 N–H and O–H groups in total. The fourth-order valence-corrected chi connectivity index (χ4v) is 2.72. The number of anilines is 1. The molecular weight excluding hydrogens is 292 g/mol. The van der Waals surface area contributed by atoms with Crippen LogP contribution in [0.15, 0.2) is 24.3 Å². The number of rotatable bonds is 5. The Morgan fingerprint density at radius 1 is 1.33 bits per heavy atom. The van der Waals surface area contributed by atoms with Crippen molar-refractivity contribution in [2.75, 3.05) is 18.5 Å². The smallest absolute Gasteiger partial charge is 0.326 e. The second-order valence-corrected chi connectivity index (χ2v) is 5.56. The molecule has 1 heterocycles. The number of nitrogens with one attached hydrogen (secondary N) is 1. The van der Waals surface area contributed by atoms with Gasteiger partial charge in [-0.15, -0.1) is 0 Å². The van der Waals surface area contributed by atoms with Gasteiger partial charge in [-0.25, -0.2) is 0 Å². The van der Waals surface area contributed by atoms with Gasteiger partial charge in [0.25, 0.3) is 11.1 Å². The first-order valence-electron chi connectivity index (χ1n) is 6.52. The van der Waals surface area contributed by atoms with Gasteiger partial charge in [0.2, 0.25) is 0 Å². The Balaban J connectivity index is 2.00. The van der Waals surface area contributed by atoms with Crippen LogP contribution in [0, 0.1) is 6.92 Å². The van der Waals surface area contributed by atoms with Crippen molar-refractivity contribution in [1.82, 2.24) is 4.90 Å². The number of esters is 1.